The molecule has 0 saturated heterocycles. The minimum atomic E-state index is -0.375. The number of hydrogen-bond donors (Lipinski definition) is 1. The van der Waals surface area contributed by atoms with Gasteiger partial charge in [-0.1, -0.05) is 24.3 Å². The maximum Gasteiger partial charge on any atom is 0.310 e. The van der Waals surface area contributed by atoms with E-state index in [1.54, 1.807) is 0 Å². The van der Waals surface area contributed by atoms with Gasteiger partial charge in [-0.25, -0.2) is 0 Å². The van der Waals surface area contributed by atoms with Gasteiger partial charge in [-0.05, 0) is 46.4 Å². The Bertz CT molecular complexity index is 666. The van der Waals surface area contributed by atoms with Crippen molar-refractivity contribution in [3.63, 3.8) is 0 Å². The number of esters is 1. The molecule has 114 valence electrons. The number of rotatable bonds is 5. The normalized spacial score (nSPS) is 16.1. The van der Waals surface area contributed by atoms with Crippen molar-refractivity contribution in [2.24, 2.45) is 0 Å². The van der Waals surface area contributed by atoms with Crippen molar-refractivity contribution in [2.75, 3.05) is 6.61 Å². The fraction of sp³-hybridized carbons (Fsp3) is 0.294. The van der Waals surface area contributed by atoms with Crippen LogP contribution in [-0.2, 0) is 27.2 Å². The summed E-state index contributed by atoms with van der Waals surface area (Å²) < 4.78 is 5.03. The molecule has 1 unspecified atom stereocenters. The van der Waals surface area contributed by atoms with Crippen LogP contribution in [0.5, 0.6) is 0 Å². The molecule has 0 spiro atoms. The monoisotopic (exact) mass is 315 g/mol. The molecular formula is C17H17NO3S. The molecular weight excluding hydrogens is 298 g/mol. The molecule has 1 heterocycles. The highest BCUT2D eigenvalue weighted by atomic mass is 32.1. The Balaban J connectivity index is 1.46. The standard InChI is InChI=1S/C17H17NO3S/c19-16(10-21-17(20)9-12-7-8-22-11-12)18-15-6-5-13-3-1-2-4-14(13)15/h1-4,7-8,11,15H,5-6,9-10H2,(H,18,19). The third-order valence-electron chi connectivity index (χ3n) is 3.76. The van der Waals surface area contributed by atoms with E-state index in [2.05, 4.69) is 11.4 Å². The largest absolute Gasteiger partial charge is 0.455 e. The molecule has 1 aromatic carbocycles. The second-order valence-electron chi connectivity index (χ2n) is 5.33. The Morgan fingerprint density at radius 1 is 1.27 bits per heavy atom. The summed E-state index contributed by atoms with van der Waals surface area (Å²) >= 11 is 1.53. The van der Waals surface area contributed by atoms with Crippen molar-refractivity contribution < 1.29 is 14.3 Å². The highest BCUT2D eigenvalue weighted by molar-refractivity contribution is 7.07. The summed E-state index contributed by atoms with van der Waals surface area (Å²) in [6, 6.07) is 10.0. The number of carbonyl (C=O) groups excluding carboxylic acids is 2. The highest BCUT2D eigenvalue weighted by Gasteiger charge is 2.23. The maximum atomic E-state index is 11.9. The minimum Gasteiger partial charge on any atom is -0.455 e. The second kappa shape index (κ2) is 6.75. The fourth-order valence-electron chi connectivity index (χ4n) is 2.70. The van der Waals surface area contributed by atoms with Crippen LogP contribution in [0.25, 0.3) is 0 Å². The van der Waals surface area contributed by atoms with Crippen molar-refractivity contribution in [1.29, 1.82) is 0 Å². The smallest absolute Gasteiger partial charge is 0.310 e. The quantitative estimate of drug-likeness (QED) is 0.863. The average molecular weight is 315 g/mol. The lowest BCUT2D eigenvalue weighted by molar-refractivity contribution is -0.148. The fourth-order valence-corrected chi connectivity index (χ4v) is 3.37. The van der Waals surface area contributed by atoms with Gasteiger partial charge in [-0.2, -0.15) is 11.3 Å². The lowest BCUT2D eigenvalue weighted by Gasteiger charge is -2.14. The lowest BCUT2D eigenvalue weighted by Crippen LogP contribution is -2.31. The molecule has 1 amide bonds. The SMILES string of the molecule is O=C(COC(=O)Cc1ccsc1)NC1CCc2ccccc21. The molecule has 1 aliphatic rings. The van der Waals surface area contributed by atoms with E-state index in [1.807, 2.05) is 35.0 Å². The Hall–Kier alpha value is -2.14. The molecule has 1 aromatic heterocycles. The number of hydrogen-bond acceptors (Lipinski definition) is 4. The molecule has 4 nitrogen and oxygen atoms in total. The number of ether oxygens (including phenoxy) is 1. The van der Waals surface area contributed by atoms with E-state index in [0.29, 0.717) is 0 Å². The molecule has 1 atom stereocenters. The van der Waals surface area contributed by atoms with Crippen molar-refractivity contribution >= 4 is 23.2 Å². The number of nitrogens with one attached hydrogen (secondary N) is 1. The number of carbonyl (C=O) groups is 2. The average Bonchev–Trinajstić information content (AvgIpc) is 3.16. The molecule has 0 bridgehead atoms. The van der Waals surface area contributed by atoms with Gasteiger partial charge in [0.2, 0.25) is 0 Å². The zero-order chi connectivity index (χ0) is 15.4. The molecule has 0 saturated carbocycles. The third-order valence-corrected chi connectivity index (χ3v) is 4.49. The first-order chi connectivity index (χ1) is 10.7. The maximum absolute atomic E-state index is 11.9. The van der Waals surface area contributed by atoms with Gasteiger partial charge in [0.25, 0.3) is 5.91 Å². The lowest BCUT2D eigenvalue weighted by atomic mass is 10.1. The van der Waals surface area contributed by atoms with Crippen LogP contribution >= 0.6 is 11.3 Å². The number of amides is 1. The number of aryl methyl sites for hydroxylation is 1. The van der Waals surface area contributed by atoms with E-state index in [9.17, 15) is 9.59 Å². The van der Waals surface area contributed by atoms with Gasteiger partial charge < -0.3 is 10.1 Å². The number of benzene rings is 1. The Kier molecular flexibility index (Phi) is 4.53. The van der Waals surface area contributed by atoms with Crippen LogP contribution in [0.15, 0.2) is 41.1 Å². The van der Waals surface area contributed by atoms with Gasteiger partial charge >= 0.3 is 5.97 Å². The first-order valence-corrected chi connectivity index (χ1v) is 8.20. The van der Waals surface area contributed by atoms with E-state index in [-0.39, 0.29) is 30.9 Å². The molecule has 1 N–H and O–H groups in total. The molecule has 5 heteroatoms. The van der Waals surface area contributed by atoms with Crippen molar-refractivity contribution in [3.05, 3.63) is 57.8 Å². The van der Waals surface area contributed by atoms with Gasteiger partial charge in [0.15, 0.2) is 6.61 Å². The Morgan fingerprint density at radius 2 is 2.14 bits per heavy atom. The van der Waals surface area contributed by atoms with E-state index >= 15 is 0 Å². The van der Waals surface area contributed by atoms with E-state index in [1.165, 1.54) is 22.5 Å². The predicted molar refractivity (Wildman–Crippen MR) is 84.6 cm³/mol. The Labute approximate surface area is 133 Å². The summed E-state index contributed by atoms with van der Waals surface area (Å²) in [5, 5.41) is 6.74. The number of thiophene rings is 1. The molecule has 1 aliphatic carbocycles. The minimum absolute atomic E-state index is 0.0271. The molecule has 2 aromatic rings. The zero-order valence-electron chi connectivity index (χ0n) is 12.1. The zero-order valence-corrected chi connectivity index (χ0v) is 12.9. The summed E-state index contributed by atoms with van der Waals surface area (Å²) in [5.74, 6) is -0.624. The van der Waals surface area contributed by atoms with Crippen molar-refractivity contribution in [1.82, 2.24) is 5.32 Å². The van der Waals surface area contributed by atoms with Gasteiger partial charge in [0.05, 0.1) is 12.5 Å². The van der Waals surface area contributed by atoms with Crippen LogP contribution < -0.4 is 5.32 Å². The molecule has 22 heavy (non-hydrogen) atoms. The summed E-state index contributed by atoms with van der Waals surface area (Å²) in [7, 11) is 0. The summed E-state index contributed by atoms with van der Waals surface area (Å²) in [6.45, 7) is -0.221. The summed E-state index contributed by atoms with van der Waals surface area (Å²) in [6.07, 6.45) is 2.08. The molecule has 0 radical (unpaired) electrons. The van der Waals surface area contributed by atoms with Crippen LogP contribution in [0.3, 0.4) is 0 Å². The second-order valence-corrected chi connectivity index (χ2v) is 6.11. The van der Waals surface area contributed by atoms with E-state index in [0.717, 1.165) is 18.4 Å². The van der Waals surface area contributed by atoms with Crippen LogP contribution in [0, 0.1) is 0 Å². The van der Waals surface area contributed by atoms with Crippen molar-refractivity contribution in [2.45, 2.75) is 25.3 Å². The first-order valence-electron chi connectivity index (χ1n) is 7.26. The predicted octanol–water partition coefficient (Wildman–Crippen LogP) is 2.64. The van der Waals surface area contributed by atoms with Crippen LogP contribution in [-0.4, -0.2) is 18.5 Å². The first kappa shape index (κ1) is 14.8. The molecule has 0 fully saturated rings. The number of fused-ring (bicyclic) bond motifs is 1. The van der Waals surface area contributed by atoms with Gasteiger partial charge in [0.1, 0.15) is 0 Å². The van der Waals surface area contributed by atoms with Crippen LogP contribution in [0.1, 0.15) is 29.2 Å². The van der Waals surface area contributed by atoms with Gasteiger partial charge in [0, 0.05) is 0 Å². The summed E-state index contributed by atoms with van der Waals surface area (Å²) in [4.78, 5) is 23.6. The summed E-state index contributed by atoms with van der Waals surface area (Å²) in [5.41, 5.74) is 3.36. The topological polar surface area (TPSA) is 55.4 Å². The van der Waals surface area contributed by atoms with Gasteiger partial charge in [-0.15, -0.1) is 0 Å². The highest BCUT2D eigenvalue weighted by Crippen LogP contribution is 2.30. The van der Waals surface area contributed by atoms with E-state index < -0.39 is 0 Å². The third kappa shape index (κ3) is 3.54. The van der Waals surface area contributed by atoms with Crippen molar-refractivity contribution in [3.8, 4) is 0 Å². The van der Waals surface area contributed by atoms with E-state index in [4.69, 9.17) is 4.74 Å². The van der Waals surface area contributed by atoms with Crippen LogP contribution in [0.2, 0.25) is 0 Å². The van der Waals surface area contributed by atoms with Crippen LogP contribution in [0.4, 0.5) is 0 Å². The molecule has 3 rings (SSSR count). The van der Waals surface area contributed by atoms with Gasteiger partial charge in [-0.3, -0.25) is 9.59 Å². The molecule has 0 aliphatic heterocycles. The Morgan fingerprint density at radius 3 is 2.95 bits per heavy atom.